The Morgan fingerprint density at radius 1 is 1.00 bits per heavy atom. The van der Waals surface area contributed by atoms with Gasteiger partial charge in [0.1, 0.15) is 0 Å². The quantitative estimate of drug-likeness (QED) is 0.363. The lowest BCUT2D eigenvalue weighted by atomic mass is 10.2. The molecule has 1 aromatic heterocycles. The van der Waals surface area contributed by atoms with Crippen molar-refractivity contribution in [2.45, 2.75) is 47.8 Å². The first-order chi connectivity index (χ1) is 16.2. The lowest BCUT2D eigenvalue weighted by molar-refractivity contribution is -0.384. The molecule has 0 saturated carbocycles. The van der Waals surface area contributed by atoms with Crippen molar-refractivity contribution < 1.29 is 18.1 Å². The van der Waals surface area contributed by atoms with E-state index in [-0.39, 0.29) is 16.5 Å². The van der Waals surface area contributed by atoms with Crippen LogP contribution in [0, 0.1) is 24.0 Å². The third-order valence-corrected chi connectivity index (χ3v) is 8.95. The molecular weight excluding hydrogens is 476 g/mol. The first-order valence-corrected chi connectivity index (χ1v) is 13.1. The molecule has 34 heavy (non-hydrogen) atoms. The van der Waals surface area contributed by atoms with Crippen molar-refractivity contribution in [3.63, 3.8) is 0 Å². The van der Waals surface area contributed by atoms with Gasteiger partial charge in [-0.2, -0.15) is 14.1 Å². The molecule has 0 atom stereocenters. The van der Waals surface area contributed by atoms with E-state index in [1.165, 1.54) is 57.1 Å². The lowest BCUT2D eigenvalue weighted by Gasteiger charge is -2.25. The van der Waals surface area contributed by atoms with Gasteiger partial charge in [-0.15, -0.1) is 0 Å². The molecule has 1 aliphatic heterocycles. The molecule has 1 saturated heterocycles. The lowest BCUT2D eigenvalue weighted by Crippen LogP contribution is -2.35. The summed E-state index contributed by atoms with van der Waals surface area (Å²) in [6, 6.07) is 12.1. The van der Waals surface area contributed by atoms with Crippen molar-refractivity contribution in [1.29, 1.82) is 0 Å². The molecule has 9 nitrogen and oxygen atoms in total. The van der Waals surface area contributed by atoms with Gasteiger partial charge in [0.25, 0.3) is 11.6 Å². The molecule has 2 aromatic carbocycles. The Hall–Kier alpha value is -3.02. The fraction of sp³-hybridized carbons (Fsp3) is 0.304. The van der Waals surface area contributed by atoms with Crippen molar-refractivity contribution in [2.75, 3.05) is 13.1 Å². The predicted octanol–water partition coefficient (Wildman–Crippen LogP) is 4.42. The molecule has 3 aromatic rings. The number of piperidine rings is 1. The number of carbonyl (C=O) groups is 1. The van der Waals surface area contributed by atoms with E-state index >= 15 is 0 Å². The summed E-state index contributed by atoms with van der Waals surface area (Å²) in [6.07, 6.45) is 2.74. The summed E-state index contributed by atoms with van der Waals surface area (Å²) in [5.41, 5.74) is 1.62. The first-order valence-electron chi connectivity index (χ1n) is 10.8. The summed E-state index contributed by atoms with van der Waals surface area (Å²) in [5, 5.41) is 15.2. The molecular formula is C23H24N4O5S2. The normalized spacial score (nSPS) is 14.8. The Labute approximate surface area is 202 Å². The first kappa shape index (κ1) is 24.1. The number of benzene rings is 2. The van der Waals surface area contributed by atoms with Crippen molar-refractivity contribution in [2.24, 2.45) is 0 Å². The van der Waals surface area contributed by atoms with E-state index in [1.54, 1.807) is 26.0 Å². The third kappa shape index (κ3) is 4.77. The second kappa shape index (κ2) is 9.69. The minimum absolute atomic E-state index is 0.00872. The predicted molar refractivity (Wildman–Crippen MR) is 128 cm³/mol. The van der Waals surface area contributed by atoms with Crippen molar-refractivity contribution in [1.82, 2.24) is 14.1 Å². The number of hydrogen-bond acceptors (Lipinski definition) is 7. The van der Waals surface area contributed by atoms with E-state index in [1.807, 2.05) is 0 Å². The topological polar surface area (TPSA) is 115 Å². The van der Waals surface area contributed by atoms with Crippen molar-refractivity contribution >= 4 is 33.4 Å². The van der Waals surface area contributed by atoms with Crippen LogP contribution in [0.3, 0.4) is 0 Å². The number of nitro benzene ring substituents is 1. The Morgan fingerprint density at radius 3 is 2.21 bits per heavy atom. The molecule has 178 valence electrons. The highest BCUT2D eigenvalue weighted by Crippen LogP contribution is 2.34. The second-order valence-corrected chi connectivity index (χ2v) is 11.1. The van der Waals surface area contributed by atoms with Crippen LogP contribution in [0.25, 0.3) is 0 Å². The van der Waals surface area contributed by atoms with Crippen LogP contribution in [0.15, 0.2) is 63.2 Å². The van der Waals surface area contributed by atoms with E-state index in [4.69, 9.17) is 0 Å². The number of nitrogens with zero attached hydrogens (tertiary/aromatic N) is 4. The number of carbonyl (C=O) groups excluding carboxylic acids is 1. The third-order valence-electron chi connectivity index (χ3n) is 5.74. The molecule has 0 radical (unpaired) electrons. The summed E-state index contributed by atoms with van der Waals surface area (Å²) < 4.78 is 28.5. The number of nitro groups is 1. The number of aryl methyl sites for hydroxylation is 1. The zero-order valence-electron chi connectivity index (χ0n) is 18.8. The standard InChI is InChI=1S/C23H24N4O5S2/c1-16-22(33-20-10-8-19(9-11-20)27(29)30)17(2)26(24-16)23(28)18-6-12-21(13-7-18)34(31,32)25-14-4-3-5-15-25/h6-13H,3-5,14-15H2,1-2H3. The van der Waals surface area contributed by atoms with Crippen LogP contribution >= 0.6 is 11.8 Å². The van der Waals surface area contributed by atoms with Gasteiger partial charge in [-0.1, -0.05) is 18.2 Å². The molecule has 0 amide bonds. The number of sulfonamides is 1. The van der Waals surface area contributed by atoms with E-state index in [9.17, 15) is 23.3 Å². The summed E-state index contributed by atoms with van der Waals surface area (Å²) in [5.74, 6) is -0.363. The van der Waals surface area contributed by atoms with Crippen LogP contribution in [0.4, 0.5) is 5.69 Å². The van der Waals surface area contributed by atoms with Crippen LogP contribution in [-0.2, 0) is 10.0 Å². The van der Waals surface area contributed by atoms with Crippen LogP contribution in [-0.4, -0.2) is 46.4 Å². The summed E-state index contributed by atoms with van der Waals surface area (Å²) >= 11 is 1.37. The van der Waals surface area contributed by atoms with E-state index in [0.717, 1.165) is 29.1 Å². The maximum absolute atomic E-state index is 13.1. The fourth-order valence-electron chi connectivity index (χ4n) is 3.87. The van der Waals surface area contributed by atoms with Gasteiger partial charge in [0, 0.05) is 35.7 Å². The van der Waals surface area contributed by atoms with E-state index in [0.29, 0.717) is 30.0 Å². The minimum Gasteiger partial charge on any atom is -0.267 e. The van der Waals surface area contributed by atoms with Crippen LogP contribution in [0.2, 0.25) is 0 Å². The van der Waals surface area contributed by atoms with Crippen molar-refractivity contribution in [3.8, 4) is 0 Å². The highest BCUT2D eigenvalue weighted by molar-refractivity contribution is 7.99. The number of non-ortho nitro benzene ring substituents is 1. The van der Waals surface area contributed by atoms with Gasteiger partial charge >= 0.3 is 0 Å². The molecule has 0 bridgehead atoms. The fourth-order valence-corrected chi connectivity index (χ4v) is 6.32. The molecule has 1 fully saturated rings. The van der Waals surface area contributed by atoms with Gasteiger partial charge in [0.15, 0.2) is 0 Å². The molecule has 11 heteroatoms. The molecule has 0 spiro atoms. The SMILES string of the molecule is Cc1nn(C(=O)c2ccc(S(=O)(=O)N3CCCCC3)cc2)c(C)c1Sc1ccc([N+](=O)[O-])cc1. The molecule has 0 N–H and O–H groups in total. The van der Waals surface area contributed by atoms with Gasteiger partial charge in [0.05, 0.1) is 26.1 Å². The van der Waals surface area contributed by atoms with Crippen molar-refractivity contribution in [3.05, 3.63) is 75.6 Å². The zero-order chi connectivity index (χ0) is 24.5. The summed E-state index contributed by atoms with van der Waals surface area (Å²) in [4.78, 5) is 25.3. The Kier molecular flexibility index (Phi) is 6.87. The molecule has 0 aliphatic carbocycles. The Balaban J connectivity index is 1.54. The van der Waals surface area contributed by atoms with E-state index < -0.39 is 14.9 Å². The maximum atomic E-state index is 13.1. The summed E-state index contributed by atoms with van der Waals surface area (Å²) in [6.45, 7) is 4.60. The van der Waals surface area contributed by atoms with Crippen LogP contribution < -0.4 is 0 Å². The maximum Gasteiger partial charge on any atom is 0.278 e. The summed E-state index contributed by atoms with van der Waals surface area (Å²) in [7, 11) is -3.57. The monoisotopic (exact) mass is 500 g/mol. The second-order valence-electron chi connectivity index (χ2n) is 8.06. The molecule has 4 rings (SSSR count). The molecule has 2 heterocycles. The van der Waals surface area contributed by atoms with Crippen LogP contribution in [0.1, 0.15) is 41.0 Å². The highest BCUT2D eigenvalue weighted by atomic mass is 32.2. The Morgan fingerprint density at radius 2 is 1.62 bits per heavy atom. The van der Waals surface area contributed by atoms with Gasteiger partial charge in [-0.3, -0.25) is 14.9 Å². The number of rotatable bonds is 6. The average molecular weight is 501 g/mol. The largest absolute Gasteiger partial charge is 0.278 e. The van der Waals surface area contributed by atoms with Gasteiger partial charge in [-0.05, 0) is 63.1 Å². The average Bonchev–Trinajstić information content (AvgIpc) is 3.13. The number of aromatic nitrogens is 2. The van der Waals surface area contributed by atoms with Gasteiger partial charge < -0.3 is 0 Å². The minimum atomic E-state index is -3.57. The van der Waals surface area contributed by atoms with Crippen LogP contribution in [0.5, 0.6) is 0 Å². The highest BCUT2D eigenvalue weighted by Gasteiger charge is 2.26. The van der Waals surface area contributed by atoms with Gasteiger partial charge in [-0.25, -0.2) is 8.42 Å². The smallest absolute Gasteiger partial charge is 0.267 e. The Bertz CT molecular complexity index is 1330. The zero-order valence-corrected chi connectivity index (χ0v) is 20.4. The molecule has 1 aliphatic rings. The van der Waals surface area contributed by atoms with Gasteiger partial charge in [0.2, 0.25) is 10.0 Å². The molecule has 0 unspecified atom stereocenters. The number of hydrogen-bond donors (Lipinski definition) is 0. The van der Waals surface area contributed by atoms with E-state index in [2.05, 4.69) is 5.10 Å².